The van der Waals surface area contributed by atoms with Gasteiger partial charge in [-0.1, -0.05) is 48.2 Å². The molecule has 0 spiro atoms. The molecule has 0 fully saturated rings. The van der Waals surface area contributed by atoms with Gasteiger partial charge in [-0.2, -0.15) is 0 Å². The van der Waals surface area contributed by atoms with Crippen molar-refractivity contribution in [2.45, 2.75) is 31.6 Å². The number of carbonyl (C=O) groups excluding carboxylic acids is 1. The molecule has 2 aromatic heterocycles. The van der Waals surface area contributed by atoms with Crippen molar-refractivity contribution in [1.82, 2.24) is 20.1 Å². The molecule has 3 aromatic rings. The summed E-state index contributed by atoms with van der Waals surface area (Å²) in [6.45, 7) is 4.58. The quantitative estimate of drug-likeness (QED) is 0.643. The Bertz CT molecular complexity index is 813. The van der Waals surface area contributed by atoms with Crippen molar-refractivity contribution in [1.29, 1.82) is 0 Å². The van der Waals surface area contributed by atoms with E-state index in [2.05, 4.69) is 32.2 Å². The van der Waals surface area contributed by atoms with E-state index in [0.717, 1.165) is 15.9 Å². The number of carbonyl (C=O) groups is 1. The van der Waals surface area contributed by atoms with Gasteiger partial charge < -0.3 is 5.32 Å². The van der Waals surface area contributed by atoms with Crippen LogP contribution in [0.2, 0.25) is 0 Å². The average molecular weight is 373 g/mol. The number of nitrogens with zero attached hydrogens (tertiary/aromatic N) is 3. The van der Waals surface area contributed by atoms with Crippen LogP contribution in [0.15, 0.2) is 53.0 Å². The Balaban J connectivity index is 1.83. The molecule has 2 heterocycles. The minimum atomic E-state index is 0.00642. The molecule has 130 valence electrons. The highest BCUT2D eigenvalue weighted by Gasteiger charge is 2.16. The molecule has 0 unspecified atom stereocenters. The van der Waals surface area contributed by atoms with Gasteiger partial charge in [0.1, 0.15) is 0 Å². The van der Waals surface area contributed by atoms with Crippen LogP contribution >= 0.6 is 23.1 Å². The number of hydrogen-bond donors (Lipinski definition) is 1. The second kappa shape index (κ2) is 8.31. The van der Waals surface area contributed by atoms with Gasteiger partial charge in [0.05, 0.1) is 17.2 Å². The maximum absolute atomic E-state index is 11.9. The smallest absolute Gasteiger partial charge is 0.230 e. The topological polar surface area (TPSA) is 59.8 Å². The van der Waals surface area contributed by atoms with Gasteiger partial charge in [0.15, 0.2) is 11.0 Å². The van der Waals surface area contributed by atoms with Crippen molar-refractivity contribution in [2.24, 2.45) is 0 Å². The van der Waals surface area contributed by atoms with E-state index in [0.29, 0.717) is 12.3 Å². The number of aromatic nitrogens is 3. The third-order valence-corrected chi connectivity index (χ3v) is 5.26. The van der Waals surface area contributed by atoms with Gasteiger partial charge in [-0.25, -0.2) is 0 Å². The average Bonchev–Trinajstić information content (AvgIpc) is 3.23. The molecule has 0 bridgehead atoms. The highest BCUT2D eigenvalue weighted by molar-refractivity contribution is 7.99. The SMILES string of the molecule is CC(C)NC(=O)CSc1nnc(-c2cccs2)n1Cc1ccccc1. The van der Waals surface area contributed by atoms with Crippen molar-refractivity contribution in [3.05, 3.63) is 53.4 Å². The van der Waals surface area contributed by atoms with Crippen LogP contribution in [0.5, 0.6) is 0 Å². The van der Waals surface area contributed by atoms with E-state index in [4.69, 9.17) is 0 Å². The van der Waals surface area contributed by atoms with Crippen molar-refractivity contribution in [2.75, 3.05) is 5.75 Å². The predicted octanol–water partition coefficient (Wildman–Crippen LogP) is 3.67. The Morgan fingerprint density at radius 3 is 2.68 bits per heavy atom. The van der Waals surface area contributed by atoms with Crippen molar-refractivity contribution in [3.63, 3.8) is 0 Å². The molecule has 0 aliphatic rings. The van der Waals surface area contributed by atoms with E-state index < -0.39 is 0 Å². The standard InChI is InChI=1S/C18H20N4OS2/c1-13(2)19-16(23)12-25-18-21-20-17(15-9-6-10-24-15)22(18)11-14-7-4-3-5-8-14/h3-10,13H,11-12H2,1-2H3,(H,19,23). The van der Waals surface area contributed by atoms with Crippen molar-refractivity contribution >= 4 is 29.0 Å². The summed E-state index contributed by atoms with van der Waals surface area (Å²) in [4.78, 5) is 13.0. The lowest BCUT2D eigenvalue weighted by molar-refractivity contribution is -0.119. The van der Waals surface area contributed by atoms with Gasteiger partial charge >= 0.3 is 0 Å². The largest absolute Gasteiger partial charge is 0.353 e. The first-order chi connectivity index (χ1) is 12.1. The lowest BCUT2D eigenvalue weighted by Crippen LogP contribution is -2.31. The van der Waals surface area contributed by atoms with Gasteiger partial charge in [-0.15, -0.1) is 21.5 Å². The van der Waals surface area contributed by atoms with Crippen molar-refractivity contribution in [3.8, 4) is 10.7 Å². The van der Waals surface area contributed by atoms with Gasteiger partial charge in [0, 0.05) is 6.04 Å². The molecule has 1 amide bonds. The second-order valence-electron chi connectivity index (χ2n) is 5.87. The number of hydrogen-bond acceptors (Lipinski definition) is 5. The zero-order valence-corrected chi connectivity index (χ0v) is 15.8. The Hall–Kier alpha value is -2.12. The minimum absolute atomic E-state index is 0.00642. The molecular weight excluding hydrogens is 352 g/mol. The maximum atomic E-state index is 11.9. The van der Waals surface area contributed by atoms with E-state index in [1.165, 1.54) is 17.3 Å². The van der Waals surface area contributed by atoms with Crippen LogP contribution in [-0.2, 0) is 11.3 Å². The number of thiophene rings is 1. The predicted molar refractivity (Wildman–Crippen MR) is 103 cm³/mol. The summed E-state index contributed by atoms with van der Waals surface area (Å²) in [5.41, 5.74) is 1.17. The van der Waals surface area contributed by atoms with Gasteiger partial charge in [-0.05, 0) is 30.9 Å². The zero-order chi connectivity index (χ0) is 17.6. The summed E-state index contributed by atoms with van der Waals surface area (Å²) in [7, 11) is 0. The molecule has 0 aliphatic heterocycles. The third kappa shape index (κ3) is 4.70. The summed E-state index contributed by atoms with van der Waals surface area (Å²) in [5.74, 6) is 1.17. The Labute approximate surface area is 155 Å². The first-order valence-corrected chi connectivity index (χ1v) is 9.93. The molecule has 0 saturated heterocycles. The van der Waals surface area contributed by atoms with Crippen molar-refractivity contribution < 1.29 is 4.79 Å². The summed E-state index contributed by atoms with van der Waals surface area (Å²) >= 11 is 3.05. The van der Waals surface area contributed by atoms with E-state index in [9.17, 15) is 4.79 Å². The van der Waals surface area contributed by atoms with Gasteiger partial charge in [-0.3, -0.25) is 9.36 Å². The number of benzene rings is 1. The first-order valence-electron chi connectivity index (χ1n) is 8.06. The van der Waals surface area contributed by atoms with Crippen LogP contribution in [0, 0.1) is 0 Å². The first kappa shape index (κ1) is 17.7. The summed E-state index contributed by atoms with van der Waals surface area (Å²) in [6, 6.07) is 14.4. The minimum Gasteiger partial charge on any atom is -0.353 e. The zero-order valence-electron chi connectivity index (χ0n) is 14.2. The molecule has 0 saturated carbocycles. The van der Waals surface area contributed by atoms with Crippen LogP contribution in [0.25, 0.3) is 10.7 Å². The highest BCUT2D eigenvalue weighted by atomic mass is 32.2. The number of thioether (sulfide) groups is 1. The molecule has 7 heteroatoms. The highest BCUT2D eigenvalue weighted by Crippen LogP contribution is 2.28. The molecular formula is C18H20N4OS2. The molecule has 0 atom stereocenters. The van der Waals surface area contributed by atoms with Gasteiger partial charge in [0.2, 0.25) is 5.91 Å². The second-order valence-corrected chi connectivity index (χ2v) is 7.76. The molecule has 1 N–H and O–H groups in total. The van der Waals surface area contributed by atoms with Crippen LogP contribution in [0.3, 0.4) is 0 Å². The molecule has 5 nitrogen and oxygen atoms in total. The van der Waals surface area contributed by atoms with Crippen LogP contribution < -0.4 is 5.32 Å². The van der Waals surface area contributed by atoms with E-state index in [-0.39, 0.29) is 11.9 Å². The van der Waals surface area contributed by atoms with E-state index in [1.807, 2.05) is 49.6 Å². The van der Waals surface area contributed by atoms with Crippen LogP contribution in [0.1, 0.15) is 19.4 Å². The number of nitrogens with one attached hydrogen (secondary N) is 1. The van der Waals surface area contributed by atoms with E-state index >= 15 is 0 Å². The fourth-order valence-corrected chi connectivity index (χ4v) is 3.85. The van der Waals surface area contributed by atoms with Gasteiger partial charge in [0.25, 0.3) is 0 Å². The normalized spacial score (nSPS) is 11.0. The monoisotopic (exact) mass is 372 g/mol. The Kier molecular flexibility index (Phi) is 5.88. The lowest BCUT2D eigenvalue weighted by Gasteiger charge is -2.10. The van der Waals surface area contributed by atoms with Crippen LogP contribution in [0.4, 0.5) is 0 Å². The van der Waals surface area contributed by atoms with Crippen LogP contribution in [-0.4, -0.2) is 32.5 Å². The molecule has 0 radical (unpaired) electrons. The summed E-state index contributed by atoms with van der Waals surface area (Å²) in [5, 5.41) is 14.4. The molecule has 1 aromatic carbocycles. The number of rotatable bonds is 7. The Morgan fingerprint density at radius 2 is 2.00 bits per heavy atom. The fourth-order valence-electron chi connectivity index (χ4n) is 2.39. The summed E-state index contributed by atoms with van der Waals surface area (Å²) in [6.07, 6.45) is 0. The lowest BCUT2D eigenvalue weighted by atomic mass is 10.2. The molecule has 25 heavy (non-hydrogen) atoms. The maximum Gasteiger partial charge on any atom is 0.230 e. The molecule has 3 rings (SSSR count). The van der Waals surface area contributed by atoms with E-state index in [1.54, 1.807) is 11.3 Å². The summed E-state index contributed by atoms with van der Waals surface area (Å²) < 4.78 is 2.08. The fraction of sp³-hybridized carbons (Fsp3) is 0.278. The molecule has 0 aliphatic carbocycles. The number of amides is 1. The Morgan fingerprint density at radius 1 is 1.20 bits per heavy atom. The third-order valence-electron chi connectivity index (χ3n) is 3.42.